The van der Waals surface area contributed by atoms with Crippen molar-refractivity contribution in [3.63, 3.8) is 0 Å². The second kappa shape index (κ2) is 6.21. The molecule has 3 nitrogen and oxygen atoms in total. The van der Waals surface area contributed by atoms with Gasteiger partial charge in [0.1, 0.15) is 6.16 Å². The molecule has 0 aromatic heterocycles. The van der Waals surface area contributed by atoms with Crippen molar-refractivity contribution in [1.29, 1.82) is 0 Å². The molecule has 0 saturated carbocycles. The average molecular weight is 312 g/mol. The smallest absolute Gasteiger partial charge is 0.193 e. The van der Waals surface area contributed by atoms with E-state index in [-0.39, 0.29) is 12.6 Å². The van der Waals surface area contributed by atoms with Gasteiger partial charge in [-0.1, -0.05) is 60.7 Å². The molecule has 0 bridgehead atoms. The molecule has 0 aliphatic heterocycles. The molecule has 5 heteroatoms. The molecule has 0 spiro atoms. The fourth-order valence-electron chi connectivity index (χ4n) is 2.16. The molecule has 3 N–H and O–H groups in total. The third-order valence-electron chi connectivity index (χ3n) is 3.22. The number of hydrogen-bond acceptors (Lipinski definition) is 3. The van der Waals surface area contributed by atoms with Crippen LogP contribution in [-0.2, 0) is 4.87 Å². The highest BCUT2D eigenvalue weighted by atomic mass is 35.5. The maximum Gasteiger partial charge on any atom is 0.403 e. The molecule has 0 atom stereocenters. The Morgan fingerprint density at radius 2 is 1.20 bits per heavy atom. The minimum atomic E-state index is -3.84. The number of halogens is 1. The molecular formula is C15H17ClO3P+. The van der Waals surface area contributed by atoms with E-state index in [2.05, 4.69) is 0 Å². The van der Waals surface area contributed by atoms with E-state index in [1.165, 1.54) is 0 Å². The molecule has 0 amide bonds. The summed E-state index contributed by atoms with van der Waals surface area (Å²) in [5.74, 6) is 0. The van der Waals surface area contributed by atoms with Crippen LogP contribution in [0.15, 0.2) is 60.7 Å². The Hall–Kier alpha value is -0.960. The van der Waals surface area contributed by atoms with Gasteiger partial charge in [-0.2, -0.15) is 14.7 Å². The van der Waals surface area contributed by atoms with E-state index >= 15 is 0 Å². The van der Waals surface area contributed by atoms with E-state index in [9.17, 15) is 14.7 Å². The van der Waals surface area contributed by atoms with Crippen LogP contribution in [0.2, 0.25) is 0 Å². The van der Waals surface area contributed by atoms with Gasteiger partial charge in [-0.25, -0.2) is 0 Å². The summed E-state index contributed by atoms with van der Waals surface area (Å²) in [5, 5.41) is 0. The lowest BCUT2D eigenvalue weighted by molar-refractivity contribution is 0.327. The van der Waals surface area contributed by atoms with E-state index in [1.54, 1.807) is 0 Å². The Bertz CT molecular complexity index is 501. The summed E-state index contributed by atoms with van der Waals surface area (Å²) in [5.41, 5.74) is 1.72. The summed E-state index contributed by atoms with van der Waals surface area (Å²) in [6.45, 7) is 0. The zero-order valence-electron chi connectivity index (χ0n) is 10.9. The molecule has 0 radical (unpaired) electrons. The van der Waals surface area contributed by atoms with Gasteiger partial charge >= 0.3 is 7.94 Å². The standard InChI is InChI=1S/C15H17ClO3P/c16-15(11-12-20(17,18)19,13-7-3-1-4-8-13)14-9-5-2-6-10-14/h1-10,17-19H,11-12H2/q+1. The van der Waals surface area contributed by atoms with Crippen molar-refractivity contribution in [3.05, 3.63) is 71.8 Å². The summed E-state index contributed by atoms with van der Waals surface area (Å²) in [6.07, 6.45) is 0.0974. The van der Waals surface area contributed by atoms with Crippen LogP contribution in [0.3, 0.4) is 0 Å². The van der Waals surface area contributed by atoms with Crippen LogP contribution in [0.5, 0.6) is 0 Å². The predicted molar refractivity (Wildman–Crippen MR) is 82.6 cm³/mol. The first-order valence-electron chi connectivity index (χ1n) is 6.28. The molecule has 0 aliphatic carbocycles. The number of hydrogen-bond donors (Lipinski definition) is 3. The summed E-state index contributed by atoms with van der Waals surface area (Å²) >= 11 is 6.78. The third kappa shape index (κ3) is 3.78. The monoisotopic (exact) mass is 311 g/mol. The molecule has 0 aliphatic rings. The van der Waals surface area contributed by atoms with E-state index in [0.29, 0.717) is 0 Å². The number of benzene rings is 2. The van der Waals surface area contributed by atoms with Gasteiger partial charge in [0.2, 0.25) is 0 Å². The molecule has 0 saturated heterocycles. The normalized spacial score (nSPS) is 12.4. The first-order chi connectivity index (χ1) is 9.42. The van der Waals surface area contributed by atoms with Crippen LogP contribution >= 0.6 is 19.5 Å². The minimum absolute atomic E-state index is 0.139. The lowest BCUT2D eigenvalue weighted by Crippen LogP contribution is -2.22. The SMILES string of the molecule is O[P+](O)(O)CCC(Cl)(c1ccccc1)c1ccccc1. The van der Waals surface area contributed by atoms with Crippen molar-refractivity contribution in [2.45, 2.75) is 11.3 Å². The van der Waals surface area contributed by atoms with Crippen molar-refractivity contribution in [3.8, 4) is 0 Å². The van der Waals surface area contributed by atoms with Crippen LogP contribution in [0.1, 0.15) is 17.5 Å². The summed E-state index contributed by atoms with van der Waals surface area (Å²) in [4.78, 5) is 26.8. The molecule has 2 aromatic rings. The van der Waals surface area contributed by atoms with E-state index in [1.807, 2.05) is 60.7 Å². The Labute approximate surface area is 124 Å². The van der Waals surface area contributed by atoms with Crippen LogP contribution in [-0.4, -0.2) is 20.8 Å². The van der Waals surface area contributed by atoms with Gasteiger partial charge in [-0.3, -0.25) is 0 Å². The van der Waals surface area contributed by atoms with Gasteiger partial charge in [0.05, 0.1) is 4.87 Å². The van der Waals surface area contributed by atoms with Crippen molar-refractivity contribution in [1.82, 2.24) is 0 Å². The van der Waals surface area contributed by atoms with Crippen LogP contribution in [0, 0.1) is 0 Å². The van der Waals surface area contributed by atoms with E-state index in [4.69, 9.17) is 11.6 Å². The molecule has 0 heterocycles. The van der Waals surface area contributed by atoms with Crippen molar-refractivity contribution >= 4 is 19.5 Å². The third-order valence-corrected chi connectivity index (χ3v) is 4.67. The van der Waals surface area contributed by atoms with Gasteiger partial charge in [0.25, 0.3) is 0 Å². The highest BCUT2D eigenvalue weighted by Crippen LogP contribution is 2.50. The summed E-state index contributed by atoms with van der Waals surface area (Å²) in [6, 6.07) is 18.9. The highest BCUT2D eigenvalue weighted by molar-refractivity contribution is 7.58. The molecule has 0 unspecified atom stereocenters. The largest absolute Gasteiger partial charge is 0.403 e. The first-order valence-corrected chi connectivity index (χ1v) is 8.49. The number of alkyl halides is 1. The van der Waals surface area contributed by atoms with Crippen molar-refractivity contribution in [2.24, 2.45) is 0 Å². The van der Waals surface area contributed by atoms with E-state index < -0.39 is 12.8 Å². The Morgan fingerprint density at radius 1 is 0.800 bits per heavy atom. The van der Waals surface area contributed by atoms with E-state index in [0.717, 1.165) is 11.1 Å². The topological polar surface area (TPSA) is 60.7 Å². The van der Waals surface area contributed by atoms with Crippen LogP contribution < -0.4 is 0 Å². The van der Waals surface area contributed by atoms with Gasteiger partial charge in [-0.15, -0.1) is 11.6 Å². The quantitative estimate of drug-likeness (QED) is 0.586. The summed E-state index contributed by atoms with van der Waals surface area (Å²) < 4.78 is 0. The minimum Gasteiger partial charge on any atom is -0.193 e. The molecule has 106 valence electrons. The molecule has 20 heavy (non-hydrogen) atoms. The molecule has 2 rings (SSSR count). The molecule has 0 fully saturated rings. The maximum absolute atomic E-state index is 9.24. The van der Waals surface area contributed by atoms with Gasteiger partial charge < -0.3 is 0 Å². The number of rotatable bonds is 5. The maximum atomic E-state index is 9.24. The zero-order valence-corrected chi connectivity index (χ0v) is 12.5. The lowest BCUT2D eigenvalue weighted by Gasteiger charge is -2.28. The highest BCUT2D eigenvalue weighted by Gasteiger charge is 2.39. The lowest BCUT2D eigenvalue weighted by atomic mass is 9.88. The van der Waals surface area contributed by atoms with Gasteiger partial charge in [0, 0.05) is 6.42 Å². The van der Waals surface area contributed by atoms with Crippen molar-refractivity contribution in [2.75, 3.05) is 6.16 Å². The second-order valence-corrected chi connectivity index (χ2v) is 7.18. The van der Waals surface area contributed by atoms with Gasteiger partial charge in [0.15, 0.2) is 0 Å². The van der Waals surface area contributed by atoms with Crippen molar-refractivity contribution < 1.29 is 14.7 Å². The Balaban J connectivity index is 2.39. The first kappa shape index (κ1) is 15.4. The Kier molecular flexibility index (Phi) is 4.79. The zero-order chi connectivity index (χ0) is 14.6. The average Bonchev–Trinajstić information content (AvgIpc) is 2.46. The summed E-state index contributed by atoms with van der Waals surface area (Å²) in [7, 11) is -3.84. The predicted octanol–water partition coefficient (Wildman–Crippen LogP) is 3.30. The fourth-order valence-corrected chi connectivity index (χ4v) is 3.28. The second-order valence-electron chi connectivity index (χ2n) is 4.70. The van der Waals surface area contributed by atoms with Crippen LogP contribution in [0.25, 0.3) is 0 Å². The van der Waals surface area contributed by atoms with Gasteiger partial charge in [-0.05, 0) is 11.1 Å². The molecular weight excluding hydrogens is 295 g/mol. The fraction of sp³-hybridized carbons (Fsp3) is 0.200. The molecule has 2 aromatic carbocycles. The Morgan fingerprint density at radius 3 is 1.55 bits per heavy atom. The van der Waals surface area contributed by atoms with Crippen LogP contribution in [0.4, 0.5) is 0 Å².